The Balaban J connectivity index is 3.62. The Bertz CT molecular complexity index is 465. The van der Waals surface area contributed by atoms with Crippen LogP contribution in [-0.4, -0.2) is 5.78 Å². The maximum absolute atomic E-state index is 13.1. The van der Waals surface area contributed by atoms with Gasteiger partial charge in [-0.3, -0.25) is 4.79 Å². The quantitative estimate of drug-likeness (QED) is 0.552. The van der Waals surface area contributed by atoms with Crippen molar-refractivity contribution in [3.8, 4) is 0 Å². The van der Waals surface area contributed by atoms with Crippen LogP contribution in [0.1, 0.15) is 26.8 Å². The Morgan fingerprint density at radius 1 is 1.60 bits per heavy atom. The maximum Gasteiger partial charge on any atom is 0.159 e. The smallest absolute Gasteiger partial charge is 0.159 e. The van der Waals surface area contributed by atoms with Crippen LogP contribution in [0.3, 0.4) is 0 Å². The van der Waals surface area contributed by atoms with Gasteiger partial charge in [0.05, 0.1) is 5.48 Å². The highest BCUT2D eigenvalue weighted by Gasteiger charge is 1.96. The summed E-state index contributed by atoms with van der Waals surface area (Å²) in [6.07, 6.45) is 0. The fourth-order valence-electron chi connectivity index (χ4n) is 0.411. The molecule has 0 aliphatic heterocycles. The molecule has 0 aromatic heterocycles. The SMILES string of the molecule is [2H]c1c([2H])c(C(=O)C([2H])([2H])[2H])c([2H])c([2H])c1F. The molecule has 0 saturated carbocycles. The van der Waals surface area contributed by atoms with Crippen molar-refractivity contribution < 1.29 is 18.8 Å². The molecule has 0 aliphatic carbocycles. The Labute approximate surface area is 68.3 Å². The van der Waals surface area contributed by atoms with Crippen molar-refractivity contribution >= 4 is 5.78 Å². The molecule has 0 amide bonds. The van der Waals surface area contributed by atoms with Gasteiger partial charge in [0.25, 0.3) is 0 Å². The normalized spacial score (nSPS) is 20.7. The van der Waals surface area contributed by atoms with Crippen molar-refractivity contribution in [2.45, 2.75) is 6.85 Å². The third kappa shape index (κ3) is 1.41. The van der Waals surface area contributed by atoms with Crippen molar-refractivity contribution in [3.63, 3.8) is 0 Å². The second kappa shape index (κ2) is 2.60. The first-order valence-corrected chi connectivity index (χ1v) is 2.39. The fraction of sp³-hybridized carbons (Fsp3) is 0.125. The third-order valence-electron chi connectivity index (χ3n) is 0.822. The molecule has 1 nitrogen and oxygen atoms in total. The minimum atomic E-state index is -3.09. The first kappa shape index (κ1) is 2.16. The largest absolute Gasteiger partial charge is 0.295 e. The van der Waals surface area contributed by atoms with Crippen LogP contribution in [0.25, 0.3) is 0 Å². The molecule has 0 radical (unpaired) electrons. The molecule has 1 rings (SSSR count). The van der Waals surface area contributed by atoms with Crippen molar-refractivity contribution in [1.29, 1.82) is 0 Å². The zero-order valence-electron chi connectivity index (χ0n) is 11.8. The summed E-state index contributed by atoms with van der Waals surface area (Å²) in [5.41, 5.74) is -0.915. The predicted molar refractivity (Wildman–Crippen MR) is 36.4 cm³/mol. The predicted octanol–water partition coefficient (Wildman–Crippen LogP) is 2.03. The maximum atomic E-state index is 13.1. The van der Waals surface area contributed by atoms with E-state index in [1.54, 1.807) is 0 Å². The Kier molecular flexibility index (Phi) is 0.561. The zero-order valence-corrected chi connectivity index (χ0v) is 4.79. The van der Waals surface area contributed by atoms with Crippen LogP contribution < -0.4 is 0 Å². The van der Waals surface area contributed by atoms with E-state index in [1.807, 2.05) is 0 Å². The monoisotopic (exact) mass is 145 g/mol. The highest BCUT2D eigenvalue weighted by atomic mass is 19.1. The number of rotatable bonds is 1. The van der Waals surface area contributed by atoms with E-state index in [4.69, 9.17) is 9.60 Å². The van der Waals surface area contributed by atoms with E-state index in [-0.39, 0.29) is 0 Å². The summed E-state index contributed by atoms with van der Waals surface area (Å²) >= 11 is 0. The molecule has 0 aliphatic rings. The van der Waals surface area contributed by atoms with Gasteiger partial charge in [-0.05, 0) is 31.0 Å². The van der Waals surface area contributed by atoms with Crippen LogP contribution in [0.2, 0.25) is 0 Å². The van der Waals surface area contributed by atoms with Crippen LogP contribution in [0, 0.1) is 5.82 Å². The summed E-state index contributed by atoms with van der Waals surface area (Å²) in [4.78, 5) is 11.4. The van der Waals surface area contributed by atoms with E-state index in [2.05, 4.69) is 0 Å². The molecule has 0 bridgehead atoms. The van der Waals surface area contributed by atoms with Gasteiger partial charge in [0, 0.05) is 9.68 Å². The molecule has 52 valence electrons. The van der Waals surface area contributed by atoms with E-state index >= 15 is 0 Å². The Morgan fingerprint density at radius 3 is 2.70 bits per heavy atom. The second-order valence-electron chi connectivity index (χ2n) is 1.52. The van der Waals surface area contributed by atoms with Crippen molar-refractivity contribution in [2.24, 2.45) is 0 Å². The molecule has 1 aromatic rings. The number of Topliss-reactive ketones (excluding diaryl/α,β-unsaturated/α-hetero) is 1. The number of carbonyl (C=O) groups excluding carboxylic acids is 1. The minimum absolute atomic E-state index is 0.915. The summed E-state index contributed by atoms with van der Waals surface area (Å²) in [6, 6.07) is -4.08. The molecule has 10 heavy (non-hydrogen) atoms. The second-order valence-corrected chi connectivity index (χ2v) is 1.52. The van der Waals surface area contributed by atoms with E-state index in [0.717, 1.165) is 0 Å². The van der Waals surface area contributed by atoms with Gasteiger partial charge in [-0.1, -0.05) is 0 Å². The lowest BCUT2D eigenvalue weighted by atomic mass is 10.1. The molecule has 0 unspecified atom stereocenters. The van der Waals surface area contributed by atoms with Gasteiger partial charge < -0.3 is 0 Å². The van der Waals surface area contributed by atoms with Crippen LogP contribution in [0.5, 0.6) is 0 Å². The highest BCUT2D eigenvalue weighted by molar-refractivity contribution is 5.93. The van der Waals surface area contributed by atoms with Crippen LogP contribution >= 0.6 is 0 Å². The lowest BCUT2D eigenvalue weighted by Crippen LogP contribution is -1.90. The number of halogens is 1. The van der Waals surface area contributed by atoms with Crippen LogP contribution in [0.15, 0.2) is 24.2 Å². The van der Waals surface area contributed by atoms with Crippen LogP contribution in [0.4, 0.5) is 4.39 Å². The Morgan fingerprint density at radius 2 is 2.20 bits per heavy atom. The molecule has 0 heterocycles. The van der Waals surface area contributed by atoms with Crippen molar-refractivity contribution in [2.75, 3.05) is 0 Å². The topological polar surface area (TPSA) is 17.1 Å². The molecule has 0 N–H and O–H groups in total. The summed E-state index contributed by atoms with van der Waals surface area (Å²) in [6.45, 7) is -3.09. The zero-order chi connectivity index (χ0) is 13.5. The average molecular weight is 145 g/mol. The van der Waals surface area contributed by atoms with Gasteiger partial charge in [-0.2, -0.15) is 0 Å². The third-order valence-corrected chi connectivity index (χ3v) is 0.822. The summed E-state index contributed by atoms with van der Waals surface area (Å²) in [5.74, 6) is -2.95. The average Bonchev–Trinajstić information content (AvgIpc) is 2.22. The number of benzene rings is 1. The van der Waals surface area contributed by atoms with Crippen LogP contribution in [-0.2, 0) is 0 Å². The standard InChI is InChI=1S/C8H7FO/c1-6(10)7-2-4-8(9)5-3-7/h2-5H,1H3/i1D3,2D,3D,4D,5D. The van der Waals surface area contributed by atoms with E-state index in [0.29, 0.717) is 0 Å². The lowest BCUT2D eigenvalue weighted by molar-refractivity contribution is 0.101. The molecular weight excluding hydrogens is 131 g/mol. The number of hydrogen-bond donors (Lipinski definition) is 0. The van der Waals surface area contributed by atoms with E-state index < -0.39 is 48.2 Å². The molecule has 0 spiro atoms. The van der Waals surface area contributed by atoms with E-state index in [1.165, 1.54) is 0 Å². The van der Waals surface area contributed by atoms with E-state index in [9.17, 15) is 9.18 Å². The van der Waals surface area contributed by atoms with Gasteiger partial charge in [0.15, 0.2) is 5.78 Å². The Hall–Kier alpha value is -1.18. The minimum Gasteiger partial charge on any atom is -0.295 e. The fourth-order valence-corrected chi connectivity index (χ4v) is 0.411. The molecular formula is C8H7FO. The first-order chi connectivity index (χ1) is 7.59. The molecule has 2 heteroatoms. The summed E-state index contributed by atoms with van der Waals surface area (Å²) in [5, 5.41) is 0. The van der Waals surface area contributed by atoms with Gasteiger partial charge in [0.2, 0.25) is 0 Å². The van der Waals surface area contributed by atoms with Crippen molar-refractivity contribution in [1.82, 2.24) is 0 Å². The highest BCUT2D eigenvalue weighted by Crippen LogP contribution is 2.02. The van der Waals surface area contributed by atoms with Crippen molar-refractivity contribution in [3.05, 3.63) is 35.6 Å². The molecule has 0 atom stereocenters. The van der Waals surface area contributed by atoms with Gasteiger partial charge >= 0.3 is 0 Å². The van der Waals surface area contributed by atoms with Gasteiger partial charge in [-0.15, -0.1) is 0 Å². The molecule has 0 saturated heterocycles. The molecule has 0 fully saturated rings. The number of ketones is 1. The first-order valence-electron chi connectivity index (χ1n) is 5.89. The lowest BCUT2D eigenvalue weighted by Gasteiger charge is -1.91. The summed E-state index contributed by atoms with van der Waals surface area (Å²) in [7, 11) is 0. The summed E-state index contributed by atoms with van der Waals surface area (Å²) < 4.78 is 62.5. The number of hydrogen-bond acceptors (Lipinski definition) is 1. The van der Waals surface area contributed by atoms with Gasteiger partial charge in [0.1, 0.15) is 5.82 Å². The van der Waals surface area contributed by atoms with Gasteiger partial charge in [-0.25, -0.2) is 4.39 Å². The molecule has 1 aromatic carbocycles. The number of carbonyl (C=O) groups is 1.